The lowest BCUT2D eigenvalue weighted by Gasteiger charge is -2.26. The Kier molecular flexibility index (Phi) is 4.34. The van der Waals surface area contributed by atoms with Gasteiger partial charge in [0, 0.05) is 25.8 Å². The zero-order chi connectivity index (χ0) is 16.4. The Labute approximate surface area is 134 Å². The number of benzene rings is 1. The lowest BCUT2D eigenvalue weighted by molar-refractivity contribution is 0.0665. The fourth-order valence-electron chi connectivity index (χ4n) is 3.19. The van der Waals surface area contributed by atoms with E-state index in [9.17, 15) is 14.7 Å². The molecule has 1 saturated heterocycles. The lowest BCUT2D eigenvalue weighted by atomic mass is 10.0. The van der Waals surface area contributed by atoms with E-state index in [1.54, 1.807) is 11.9 Å². The monoisotopic (exact) mass is 315 g/mol. The molecule has 2 heterocycles. The van der Waals surface area contributed by atoms with Crippen molar-refractivity contribution in [2.75, 3.05) is 6.54 Å². The van der Waals surface area contributed by atoms with Crippen LogP contribution in [-0.4, -0.2) is 38.3 Å². The maximum atomic E-state index is 12.6. The maximum absolute atomic E-state index is 12.6. The number of nitrogens with one attached hydrogen (secondary N) is 1. The van der Waals surface area contributed by atoms with Gasteiger partial charge in [0.05, 0.1) is 6.10 Å². The first kappa shape index (κ1) is 15.6. The van der Waals surface area contributed by atoms with Crippen LogP contribution < -0.4 is 5.56 Å². The van der Waals surface area contributed by atoms with Crippen molar-refractivity contribution in [3.63, 3.8) is 0 Å². The molecule has 23 heavy (non-hydrogen) atoms. The summed E-state index contributed by atoms with van der Waals surface area (Å²) >= 11 is 0. The summed E-state index contributed by atoms with van der Waals surface area (Å²) < 4.78 is 1.29. The van der Waals surface area contributed by atoms with Crippen LogP contribution in [0.3, 0.4) is 0 Å². The number of aromatic nitrogens is 2. The summed E-state index contributed by atoms with van der Waals surface area (Å²) in [5.41, 5.74) is 0.696. The predicted molar refractivity (Wildman–Crippen MR) is 86.1 cm³/mol. The summed E-state index contributed by atoms with van der Waals surface area (Å²) in [4.78, 5) is 26.3. The molecule has 1 aliphatic heterocycles. The second-order valence-electron chi connectivity index (χ2n) is 6.01. The Morgan fingerprint density at radius 2 is 2.13 bits per heavy atom. The van der Waals surface area contributed by atoms with Gasteiger partial charge in [-0.1, -0.05) is 30.3 Å². The number of amides is 1. The van der Waals surface area contributed by atoms with Gasteiger partial charge >= 0.3 is 0 Å². The molecule has 0 spiro atoms. The van der Waals surface area contributed by atoms with Crippen LogP contribution >= 0.6 is 0 Å². The third kappa shape index (κ3) is 3.07. The van der Waals surface area contributed by atoms with Crippen LogP contribution in [0.2, 0.25) is 0 Å². The molecule has 122 valence electrons. The molecule has 6 heteroatoms. The molecule has 0 aliphatic carbocycles. The Hall–Kier alpha value is -2.34. The molecule has 1 aromatic heterocycles. The van der Waals surface area contributed by atoms with Crippen molar-refractivity contribution < 1.29 is 9.90 Å². The van der Waals surface area contributed by atoms with E-state index in [0.29, 0.717) is 13.0 Å². The molecule has 0 saturated carbocycles. The second-order valence-corrected chi connectivity index (χ2v) is 6.01. The van der Waals surface area contributed by atoms with Crippen LogP contribution in [0, 0.1) is 0 Å². The highest BCUT2D eigenvalue weighted by molar-refractivity contribution is 5.94. The summed E-state index contributed by atoms with van der Waals surface area (Å²) in [5, 5.41) is 13.1. The summed E-state index contributed by atoms with van der Waals surface area (Å²) in [6, 6.07) is 9.40. The highest BCUT2D eigenvalue weighted by atomic mass is 16.3. The maximum Gasteiger partial charge on any atom is 0.279 e. The molecule has 3 rings (SSSR count). The zero-order valence-corrected chi connectivity index (χ0v) is 13.1. The van der Waals surface area contributed by atoms with Crippen molar-refractivity contribution in [2.45, 2.75) is 31.4 Å². The summed E-state index contributed by atoms with van der Waals surface area (Å²) in [6.45, 7) is 0.624. The summed E-state index contributed by atoms with van der Waals surface area (Å²) in [6.07, 6.45) is 3.07. The van der Waals surface area contributed by atoms with Crippen LogP contribution in [0.15, 0.2) is 41.3 Å². The minimum Gasteiger partial charge on any atom is -0.388 e. The van der Waals surface area contributed by atoms with E-state index < -0.39 is 6.10 Å². The third-order valence-electron chi connectivity index (χ3n) is 4.49. The predicted octanol–water partition coefficient (Wildman–Crippen LogP) is 1.44. The van der Waals surface area contributed by atoms with E-state index >= 15 is 0 Å². The molecular weight excluding hydrogens is 294 g/mol. The topological polar surface area (TPSA) is 78.3 Å². The van der Waals surface area contributed by atoms with E-state index in [1.165, 1.54) is 10.9 Å². The van der Waals surface area contributed by atoms with E-state index in [-0.39, 0.29) is 23.1 Å². The Balaban J connectivity index is 1.74. The molecule has 1 aromatic carbocycles. The number of aliphatic hydroxyl groups excluding tert-OH is 1. The van der Waals surface area contributed by atoms with E-state index in [4.69, 9.17) is 0 Å². The SMILES string of the molecule is Cn1[nH]cc(C(=O)N2CCCC2CC(O)c2ccccc2)c1=O. The molecular formula is C17H21N3O3. The van der Waals surface area contributed by atoms with E-state index in [1.807, 2.05) is 30.3 Å². The van der Waals surface area contributed by atoms with Crippen molar-refractivity contribution >= 4 is 5.91 Å². The Bertz CT molecular complexity index is 735. The largest absolute Gasteiger partial charge is 0.388 e. The molecule has 0 bridgehead atoms. The van der Waals surface area contributed by atoms with Crippen molar-refractivity contribution in [3.8, 4) is 0 Å². The Morgan fingerprint density at radius 3 is 2.78 bits per heavy atom. The molecule has 2 aromatic rings. The quantitative estimate of drug-likeness (QED) is 0.896. The van der Waals surface area contributed by atoms with Crippen LogP contribution in [0.25, 0.3) is 0 Å². The first-order chi connectivity index (χ1) is 11.1. The van der Waals surface area contributed by atoms with Crippen LogP contribution in [0.4, 0.5) is 0 Å². The van der Waals surface area contributed by atoms with Crippen LogP contribution in [-0.2, 0) is 7.05 Å². The molecule has 6 nitrogen and oxygen atoms in total. The van der Waals surface area contributed by atoms with E-state index in [0.717, 1.165) is 18.4 Å². The molecule has 1 aliphatic rings. The number of likely N-dealkylation sites (tertiary alicyclic amines) is 1. The third-order valence-corrected chi connectivity index (χ3v) is 4.49. The van der Waals surface area contributed by atoms with Crippen molar-refractivity contribution in [3.05, 3.63) is 58.0 Å². The standard InChI is InChI=1S/C17H21N3O3/c1-19-16(22)14(11-18-19)17(23)20-9-5-8-13(20)10-15(21)12-6-3-2-4-7-12/h2-4,6-7,11,13,15,18,21H,5,8-10H2,1H3. The number of hydrogen-bond donors (Lipinski definition) is 2. The number of H-pyrrole nitrogens is 1. The molecule has 1 fully saturated rings. The number of rotatable bonds is 4. The van der Waals surface area contributed by atoms with Gasteiger partial charge in [0.25, 0.3) is 11.5 Å². The van der Waals surface area contributed by atoms with Gasteiger partial charge in [0.15, 0.2) is 0 Å². The van der Waals surface area contributed by atoms with Crippen LogP contribution in [0.1, 0.15) is 41.3 Å². The van der Waals surface area contributed by atoms with Gasteiger partial charge < -0.3 is 15.1 Å². The zero-order valence-electron chi connectivity index (χ0n) is 13.1. The number of aromatic amines is 1. The average Bonchev–Trinajstić information content (AvgIpc) is 3.15. The van der Waals surface area contributed by atoms with Gasteiger partial charge in [-0.2, -0.15) is 0 Å². The number of carbonyl (C=O) groups is 1. The highest BCUT2D eigenvalue weighted by Gasteiger charge is 2.32. The highest BCUT2D eigenvalue weighted by Crippen LogP contribution is 2.28. The van der Waals surface area contributed by atoms with Crippen LogP contribution in [0.5, 0.6) is 0 Å². The Morgan fingerprint density at radius 1 is 1.39 bits per heavy atom. The molecule has 2 atom stereocenters. The number of aliphatic hydroxyl groups is 1. The molecule has 2 N–H and O–H groups in total. The summed E-state index contributed by atoms with van der Waals surface area (Å²) in [7, 11) is 1.58. The molecule has 0 radical (unpaired) electrons. The van der Waals surface area contributed by atoms with Gasteiger partial charge in [0.2, 0.25) is 0 Å². The normalized spacial score (nSPS) is 19.0. The number of hydrogen-bond acceptors (Lipinski definition) is 3. The molecule has 1 amide bonds. The van der Waals surface area contributed by atoms with Crippen molar-refractivity contribution in [2.24, 2.45) is 7.05 Å². The van der Waals surface area contributed by atoms with Crippen molar-refractivity contribution in [1.29, 1.82) is 0 Å². The lowest BCUT2D eigenvalue weighted by Crippen LogP contribution is -2.38. The molecule has 2 unspecified atom stereocenters. The first-order valence-electron chi connectivity index (χ1n) is 7.86. The minimum absolute atomic E-state index is 0.0442. The van der Waals surface area contributed by atoms with Gasteiger partial charge in [-0.3, -0.25) is 14.3 Å². The van der Waals surface area contributed by atoms with Gasteiger partial charge in [-0.05, 0) is 24.8 Å². The van der Waals surface area contributed by atoms with E-state index in [2.05, 4.69) is 5.10 Å². The second kappa shape index (κ2) is 6.42. The number of nitrogens with zero attached hydrogens (tertiary/aromatic N) is 2. The average molecular weight is 315 g/mol. The smallest absolute Gasteiger partial charge is 0.279 e. The van der Waals surface area contributed by atoms with Gasteiger partial charge in [-0.25, -0.2) is 0 Å². The minimum atomic E-state index is -0.608. The van der Waals surface area contributed by atoms with Crippen molar-refractivity contribution in [1.82, 2.24) is 14.7 Å². The van der Waals surface area contributed by atoms with Gasteiger partial charge in [-0.15, -0.1) is 0 Å². The number of aryl methyl sites for hydroxylation is 1. The fraction of sp³-hybridized carbons (Fsp3) is 0.412. The fourth-order valence-corrected chi connectivity index (χ4v) is 3.19. The van der Waals surface area contributed by atoms with Gasteiger partial charge in [0.1, 0.15) is 5.56 Å². The summed E-state index contributed by atoms with van der Waals surface area (Å²) in [5.74, 6) is -0.255. The first-order valence-corrected chi connectivity index (χ1v) is 7.86. The number of carbonyl (C=O) groups excluding carboxylic acids is 1.